The van der Waals surface area contributed by atoms with Crippen molar-refractivity contribution in [2.75, 3.05) is 31.1 Å². The van der Waals surface area contributed by atoms with Gasteiger partial charge < -0.3 is 10.0 Å². The third-order valence-electron chi connectivity index (χ3n) is 4.28. The van der Waals surface area contributed by atoms with Gasteiger partial charge in [0.05, 0.1) is 15.4 Å². The van der Waals surface area contributed by atoms with Crippen LogP contribution in [-0.2, 0) is 10.0 Å². The van der Waals surface area contributed by atoms with Crippen LogP contribution in [0.3, 0.4) is 0 Å². The molecule has 1 aliphatic rings. The van der Waals surface area contributed by atoms with Gasteiger partial charge in [-0.15, -0.1) is 0 Å². The smallest absolute Gasteiger partial charge is 0.293 e. The fraction of sp³-hybridized carbons (Fsp3) is 0.600. The van der Waals surface area contributed by atoms with E-state index in [1.807, 2.05) is 0 Å². The summed E-state index contributed by atoms with van der Waals surface area (Å²) in [5.41, 5.74) is -0.836. The lowest BCUT2D eigenvalue weighted by Gasteiger charge is -2.22. The van der Waals surface area contributed by atoms with Crippen LogP contribution in [0.5, 0.6) is 0 Å². The van der Waals surface area contributed by atoms with Crippen LogP contribution < -0.4 is 4.90 Å². The van der Waals surface area contributed by atoms with Gasteiger partial charge >= 0.3 is 0 Å². The molecule has 1 atom stereocenters. The third kappa shape index (κ3) is 3.52. The minimum Gasteiger partial charge on any atom is -0.388 e. The maximum atomic E-state index is 12.6. The van der Waals surface area contributed by atoms with Crippen molar-refractivity contribution >= 4 is 21.4 Å². The zero-order valence-electron chi connectivity index (χ0n) is 14.1. The SMILES string of the molecule is CCN(CC)S(=O)(=O)c1ccc(N2CCC(C)(O)C2)c([N+](=O)[O-])c1. The maximum Gasteiger partial charge on any atom is 0.293 e. The standard InChI is InChI=1S/C15H23N3O5S/c1-4-17(5-2)24(22,23)12-6-7-13(14(10-12)18(20)21)16-9-8-15(3,19)11-16/h6-7,10,19H,4-5,8-9,11H2,1-3H3. The van der Waals surface area contributed by atoms with Gasteiger partial charge in [-0.25, -0.2) is 8.42 Å². The molecule has 1 aliphatic heterocycles. The van der Waals surface area contributed by atoms with Gasteiger partial charge in [0.15, 0.2) is 0 Å². The molecule has 0 radical (unpaired) electrons. The first-order chi connectivity index (χ1) is 11.1. The van der Waals surface area contributed by atoms with Crippen LogP contribution in [-0.4, -0.2) is 54.5 Å². The predicted octanol–water partition coefficient (Wildman–Crippen LogP) is 1.59. The number of sulfonamides is 1. The van der Waals surface area contributed by atoms with Crippen LogP contribution in [0.2, 0.25) is 0 Å². The molecule has 0 aliphatic carbocycles. The first-order valence-electron chi connectivity index (χ1n) is 7.88. The molecule has 1 unspecified atom stereocenters. The van der Waals surface area contributed by atoms with E-state index >= 15 is 0 Å². The molecular formula is C15H23N3O5S. The molecule has 1 saturated heterocycles. The maximum absolute atomic E-state index is 12.6. The van der Waals surface area contributed by atoms with Crippen LogP contribution in [0.4, 0.5) is 11.4 Å². The molecule has 9 heteroatoms. The molecule has 0 bridgehead atoms. The minimum atomic E-state index is -3.76. The van der Waals surface area contributed by atoms with Crippen LogP contribution in [0.1, 0.15) is 27.2 Å². The van der Waals surface area contributed by atoms with E-state index in [0.29, 0.717) is 31.7 Å². The van der Waals surface area contributed by atoms with Gasteiger partial charge in [0, 0.05) is 32.2 Å². The van der Waals surface area contributed by atoms with Crippen molar-refractivity contribution in [2.45, 2.75) is 37.7 Å². The van der Waals surface area contributed by atoms with Gasteiger partial charge in [-0.1, -0.05) is 13.8 Å². The molecule has 0 amide bonds. The number of hydrogen-bond donors (Lipinski definition) is 1. The molecule has 24 heavy (non-hydrogen) atoms. The summed E-state index contributed by atoms with van der Waals surface area (Å²) in [6, 6.07) is 3.95. The highest BCUT2D eigenvalue weighted by atomic mass is 32.2. The molecule has 8 nitrogen and oxygen atoms in total. The average molecular weight is 357 g/mol. The summed E-state index contributed by atoms with van der Waals surface area (Å²) in [5.74, 6) is 0. The van der Waals surface area contributed by atoms with Gasteiger partial charge in [-0.3, -0.25) is 10.1 Å². The Kier molecular flexibility index (Phi) is 5.17. The average Bonchev–Trinajstić information content (AvgIpc) is 2.87. The largest absolute Gasteiger partial charge is 0.388 e. The summed E-state index contributed by atoms with van der Waals surface area (Å²) >= 11 is 0. The molecule has 1 N–H and O–H groups in total. The number of nitro benzene ring substituents is 1. The van der Waals surface area contributed by atoms with Crippen molar-refractivity contribution in [2.24, 2.45) is 0 Å². The van der Waals surface area contributed by atoms with Crippen LogP contribution in [0.15, 0.2) is 23.1 Å². The summed E-state index contributed by atoms with van der Waals surface area (Å²) in [5, 5.41) is 21.5. The van der Waals surface area contributed by atoms with Crippen molar-refractivity contribution in [1.29, 1.82) is 0 Å². The van der Waals surface area contributed by atoms with E-state index in [0.717, 1.165) is 6.07 Å². The van der Waals surface area contributed by atoms with Gasteiger partial charge in [-0.05, 0) is 25.5 Å². The first kappa shape index (κ1) is 18.6. The van der Waals surface area contributed by atoms with Crippen molar-refractivity contribution in [3.05, 3.63) is 28.3 Å². The lowest BCUT2D eigenvalue weighted by Crippen LogP contribution is -2.31. The number of anilines is 1. The number of aliphatic hydroxyl groups is 1. The van der Waals surface area contributed by atoms with E-state index in [4.69, 9.17) is 0 Å². The molecule has 2 rings (SSSR count). The van der Waals surface area contributed by atoms with Crippen molar-refractivity contribution in [3.63, 3.8) is 0 Å². The Hall–Kier alpha value is -1.71. The molecule has 1 fully saturated rings. The normalized spacial score (nSPS) is 21.5. The van der Waals surface area contributed by atoms with Gasteiger partial charge in [-0.2, -0.15) is 4.31 Å². The topological polar surface area (TPSA) is 104 Å². The van der Waals surface area contributed by atoms with E-state index in [9.17, 15) is 23.6 Å². The molecule has 134 valence electrons. The zero-order chi connectivity index (χ0) is 18.1. The fourth-order valence-corrected chi connectivity index (χ4v) is 4.42. The van der Waals surface area contributed by atoms with Crippen molar-refractivity contribution < 1.29 is 18.4 Å². The second-order valence-corrected chi connectivity index (χ2v) is 8.10. The number of benzene rings is 1. The molecule has 1 aromatic carbocycles. The lowest BCUT2D eigenvalue weighted by atomic mass is 10.1. The molecule has 0 aromatic heterocycles. The fourth-order valence-electron chi connectivity index (χ4n) is 2.94. The number of nitrogens with zero attached hydrogens (tertiary/aromatic N) is 3. The molecular weight excluding hydrogens is 334 g/mol. The summed E-state index contributed by atoms with van der Waals surface area (Å²) in [7, 11) is -3.76. The Morgan fingerprint density at radius 3 is 2.46 bits per heavy atom. The van der Waals surface area contributed by atoms with Gasteiger partial charge in [0.25, 0.3) is 5.69 Å². The predicted molar refractivity (Wildman–Crippen MR) is 90.7 cm³/mol. The number of hydrogen-bond acceptors (Lipinski definition) is 6. The summed E-state index contributed by atoms with van der Waals surface area (Å²) in [4.78, 5) is 12.5. The van der Waals surface area contributed by atoms with Crippen LogP contribution in [0.25, 0.3) is 0 Å². The highest BCUT2D eigenvalue weighted by molar-refractivity contribution is 7.89. The van der Waals surface area contributed by atoms with Gasteiger partial charge in [0.2, 0.25) is 10.0 Å². The van der Waals surface area contributed by atoms with E-state index < -0.39 is 20.5 Å². The Morgan fingerprint density at radius 2 is 2.00 bits per heavy atom. The van der Waals surface area contributed by atoms with E-state index in [-0.39, 0.29) is 17.1 Å². The zero-order valence-corrected chi connectivity index (χ0v) is 14.9. The summed E-state index contributed by atoms with van der Waals surface area (Å²) in [6.07, 6.45) is 0.504. The Morgan fingerprint density at radius 1 is 1.38 bits per heavy atom. The molecule has 1 aromatic rings. The summed E-state index contributed by atoms with van der Waals surface area (Å²) in [6.45, 7) is 6.46. The highest BCUT2D eigenvalue weighted by Crippen LogP contribution is 2.35. The minimum absolute atomic E-state index is 0.0902. The number of rotatable bonds is 6. The molecule has 0 spiro atoms. The second kappa shape index (κ2) is 6.66. The van der Waals surface area contributed by atoms with Crippen molar-refractivity contribution in [1.82, 2.24) is 4.31 Å². The summed E-state index contributed by atoms with van der Waals surface area (Å²) < 4.78 is 26.4. The quantitative estimate of drug-likeness (QED) is 0.612. The molecule has 1 heterocycles. The van der Waals surface area contributed by atoms with E-state index in [2.05, 4.69) is 0 Å². The monoisotopic (exact) mass is 357 g/mol. The molecule has 0 saturated carbocycles. The van der Waals surface area contributed by atoms with Crippen molar-refractivity contribution in [3.8, 4) is 0 Å². The lowest BCUT2D eigenvalue weighted by molar-refractivity contribution is -0.384. The third-order valence-corrected chi connectivity index (χ3v) is 6.33. The Bertz CT molecular complexity index is 729. The Labute approximate surface area is 141 Å². The number of β-amino-alcohol motifs (C(OH)–C–C–N with tert-alkyl or cyclic N) is 1. The van der Waals surface area contributed by atoms with Crippen LogP contribution in [0, 0.1) is 10.1 Å². The van der Waals surface area contributed by atoms with E-state index in [1.165, 1.54) is 16.4 Å². The number of nitro groups is 1. The second-order valence-electron chi connectivity index (χ2n) is 6.17. The Balaban J connectivity index is 2.46. The van der Waals surface area contributed by atoms with Crippen LogP contribution >= 0.6 is 0 Å². The highest BCUT2D eigenvalue weighted by Gasteiger charge is 2.35. The van der Waals surface area contributed by atoms with Gasteiger partial charge in [0.1, 0.15) is 5.69 Å². The first-order valence-corrected chi connectivity index (χ1v) is 9.32. The van der Waals surface area contributed by atoms with E-state index in [1.54, 1.807) is 25.7 Å².